The third-order valence-electron chi connectivity index (χ3n) is 3.21. The van der Waals surface area contributed by atoms with Crippen molar-refractivity contribution in [1.29, 1.82) is 0 Å². The van der Waals surface area contributed by atoms with E-state index in [-0.39, 0.29) is 22.8 Å². The average molecular weight is 333 g/mol. The van der Waals surface area contributed by atoms with Gasteiger partial charge in [-0.1, -0.05) is 0 Å². The van der Waals surface area contributed by atoms with E-state index in [0.717, 1.165) is 0 Å². The standard InChI is InChI=1S/C13H19NO5S2/c1-9(13(8-15)20-2)14-21(16,17)10-3-4-11-12(7-10)19-6-5-18-11/h3-4,7,9,13-15H,5-6,8H2,1-2H3. The molecule has 0 amide bonds. The minimum Gasteiger partial charge on any atom is -0.486 e. The molecule has 0 spiro atoms. The largest absolute Gasteiger partial charge is 0.486 e. The summed E-state index contributed by atoms with van der Waals surface area (Å²) in [5.41, 5.74) is 0. The summed E-state index contributed by atoms with van der Waals surface area (Å²) in [5.74, 6) is 0.978. The average Bonchev–Trinajstić information content (AvgIpc) is 2.47. The normalized spacial score (nSPS) is 17.3. The van der Waals surface area contributed by atoms with Crippen molar-refractivity contribution in [3.05, 3.63) is 18.2 Å². The Morgan fingerprint density at radius 1 is 1.33 bits per heavy atom. The molecule has 1 aromatic rings. The van der Waals surface area contributed by atoms with Crippen LogP contribution in [0.25, 0.3) is 0 Å². The smallest absolute Gasteiger partial charge is 0.240 e. The van der Waals surface area contributed by atoms with Crippen LogP contribution in [0.4, 0.5) is 0 Å². The number of hydrogen-bond acceptors (Lipinski definition) is 6. The molecule has 0 radical (unpaired) electrons. The van der Waals surface area contributed by atoms with Crippen molar-refractivity contribution in [1.82, 2.24) is 4.72 Å². The van der Waals surface area contributed by atoms with E-state index in [1.807, 2.05) is 6.26 Å². The first-order valence-electron chi connectivity index (χ1n) is 6.53. The molecule has 118 valence electrons. The SMILES string of the molecule is CSC(CO)C(C)NS(=O)(=O)c1ccc2c(c1)OCCO2. The molecule has 2 rings (SSSR count). The molecule has 0 fully saturated rings. The maximum absolute atomic E-state index is 12.4. The van der Waals surface area contributed by atoms with Gasteiger partial charge >= 0.3 is 0 Å². The summed E-state index contributed by atoms with van der Waals surface area (Å²) in [7, 11) is -3.67. The van der Waals surface area contributed by atoms with E-state index in [2.05, 4.69) is 4.72 Å². The van der Waals surface area contributed by atoms with Gasteiger partial charge in [0.25, 0.3) is 0 Å². The van der Waals surface area contributed by atoms with E-state index in [0.29, 0.717) is 24.7 Å². The fourth-order valence-electron chi connectivity index (χ4n) is 2.02. The molecular formula is C13H19NO5S2. The third kappa shape index (κ3) is 3.82. The van der Waals surface area contributed by atoms with Gasteiger partial charge in [-0.05, 0) is 25.3 Å². The first kappa shape index (κ1) is 16.4. The Bertz CT molecular complexity index is 586. The van der Waals surface area contributed by atoms with Gasteiger partial charge in [-0.2, -0.15) is 11.8 Å². The van der Waals surface area contributed by atoms with E-state index in [4.69, 9.17) is 9.47 Å². The van der Waals surface area contributed by atoms with Gasteiger partial charge in [0.05, 0.1) is 11.5 Å². The van der Waals surface area contributed by atoms with Crippen LogP contribution in [0.3, 0.4) is 0 Å². The highest BCUT2D eigenvalue weighted by atomic mass is 32.2. The molecule has 8 heteroatoms. The number of benzene rings is 1. The molecule has 0 saturated carbocycles. The van der Waals surface area contributed by atoms with Crippen LogP contribution in [-0.4, -0.2) is 50.9 Å². The lowest BCUT2D eigenvalue weighted by molar-refractivity contribution is 0.171. The maximum atomic E-state index is 12.4. The number of aliphatic hydroxyl groups excluding tert-OH is 1. The molecule has 0 aliphatic carbocycles. The summed E-state index contributed by atoms with van der Waals surface area (Å²) in [6.07, 6.45) is 1.83. The predicted molar refractivity (Wildman–Crippen MR) is 81.6 cm³/mol. The Hall–Kier alpha value is -0.960. The van der Waals surface area contributed by atoms with Gasteiger partial charge in [-0.15, -0.1) is 0 Å². The fourth-order valence-corrected chi connectivity index (χ4v) is 4.03. The first-order chi connectivity index (χ1) is 9.97. The van der Waals surface area contributed by atoms with E-state index in [9.17, 15) is 13.5 Å². The zero-order valence-electron chi connectivity index (χ0n) is 11.9. The molecule has 1 aliphatic heterocycles. The highest BCUT2D eigenvalue weighted by Crippen LogP contribution is 2.32. The maximum Gasteiger partial charge on any atom is 0.240 e. The Labute approximate surface area is 128 Å². The van der Waals surface area contributed by atoms with Crippen LogP contribution in [0.5, 0.6) is 11.5 Å². The molecule has 2 N–H and O–H groups in total. The van der Waals surface area contributed by atoms with Crippen LogP contribution >= 0.6 is 11.8 Å². The molecule has 0 aromatic heterocycles. The van der Waals surface area contributed by atoms with Crippen LogP contribution in [0.2, 0.25) is 0 Å². The van der Waals surface area contributed by atoms with Crippen molar-refractivity contribution in [3.63, 3.8) is 0 Å². The van der Waals surface area contributed by atoms with Crippen LogP contribution in [-0.2, 0) is 10.0 Å². The Balaban J connectivity index is 2.19. The Morgan fingerprint density at radius 2 is 2.00 bits per heavy atom. The molecule has 2 unspecified atom stereocenters. The number of fused-ring (bicyclic) bond motifs is 1. The third-order valence-corrected chi connectivity index (χ3v) is 5.92. The summed E-state index contributed by atoms with van der Waals surface area (Å²) in [5, 5.41) is 9.03. The number of ether oxygens (including phenoxy) is 2. The monoisotopic (exact) mass is 333 g/mol. The summed E-state index contributed by atoms with van der Waals surface area (Å²) < 4.78 is 38.1. The molecule has 0 bridgehead atoms. The lowest BCUT2D eigenvalue weighted by Gasteiger charge is -2.22. The number of nitrogens with one attached hydrogen (secondary N) is 1. The van der Waals surface area contributed by atoms with Gasteiger partial charge < -0.3 is 14.6 Å². The number of aliphatic hydroxyl groups is 1. The molecule has 1 aliphatic rings. The summed E-state index contributed by atoms with van der Waals surface area (Å²) in [6, 6.07) is 4.14. The van der Waals surface area contributed by atoms with Gasteiger partial charge in [0.1, 0.15) is 13.2 Å². The molecular weight excluding hydrogens is 314 g/mol. The lowest BCUT2D eigenvalue weighted by Crippen LogP contribution is -2.41. The van der Waals surface area contributed by atoms with Gasteiger partial charge in [-0.25, -0.2) is 13.1 Å². The van der Waals surface area contributed by atoms with Crippen LogP contribution < -0.4 is 14.2 Å². The van der Waals surface area contributed by atoms with Gasteiger partial charge in [0.2, 0.25) is 10.0 Å². The van der Waals surface area contributed by atoms with Crippen molar-refractivity contribution in [2.24, 2.45) is 0 Å². The summed E-state index contributed by atoms with van der Waals surface area (Å²) in [6.45, 7) is 2.50. The van der Waals surface area contributed by atoms with Crippen molar-refractivity contribution >= 4 is 21.8 Å². The highest BCUT2D eigenvalue weighted by molar-refractivity contribution is 7.99. The predicted octanol–water partition coefficient (Wildman–Crippen LogP) is 0.848. The molecule has 2 atom stereocenters. The van der Waals surface area contributed by atoms with E-state index < -0.39 is 10.0 Å². The number of thioether (sulfide) groups is 1. The quantitative estimate of drug-likeness (QED) is 0.803. The Morgan fingerprint density at radius 3 is 2.62 bits per heavy atom. The minimum absolute atomic E-state index is 0.0913. The molecule has 1 heterocycles. The molecule has 1 aromatic carbocycles. The minimum atomic E-state index is -3.67. The highest BCUT2D eigenvalue weighted by Gasteiger charge is 2.24. The molecule has 21 heavy (non-hydrogen) atoms. The van der Waals surface area contributed by atoms with E-state index in [1.165, 1.54) is 23.9 Å². The van der Waals surface area contributed by atoms with Crippen molar-refractivity contribution in [2.45, 2.75) is 23.1 Å². The van der Waals surface area contributed by atoms with E-state index >= 15 is 0 Å². The topological polar surface area (TPSA) is 84.9 Å². The van der Waals surface area contributed by atoms with Crippen LogP contribution in [0.1, 0.15) is 6.92 Å². The summed E-state index contributed by atoms with van der Waals surface area (Å²) >= 11 is 1.42. The lowest BCUT2D eigenvalue weighted by atomic mass is 10.3. The van der Waals surface area contributed by atoms with E-state index in [1.54, 1.807) is 13.0 Å². The van der Waals surface area contributed by atoms with Crippen molar-refractivity contribution in [2.75, 3.05) is 26.1 Å². The zero-order valence-corrected chi connectivity index (χ0v) is 13.5. The second-order valence-corrected chi connectivity index (χ2v) is 7.46. The second kappa shape index (κ2) is 6.87. The zero-order chi connectivity index (χ0) is 15.5. The van der Waals surface area contributed by atoms with Crippen molar-refractivity contribution < 1.29 is 23.0 Å². The van der Waals surface area contributed by atoms with Gasteiger partial charge in [-0.3, -0.25) is 0 Å². The second-order valence-electron chi connectivity index (χ2n) is 4.67. The van der Waals surface area contributed by atoms with Crippen LogP contribution in [0.15, 0.2) is 23.1 Å². The summed E-state index contributed by atoms with van der Waals surface area (Å²) in [4.78, 5) is 0.122. The number of hydrogen-bond donors (Lipinski definition) is 2. The Kier molecular flexibility index (Phi) is 5.37. The van der Waals surface area contributed by atoms with Crippen molar-refractivity contribution in [3.8, 4) is 11.5 Å². The fraction of sp³-hybridized carbons (Fsp3) is 0.538. The molecule has 0 saturated heterocycles. The number of sulfonamides is 1. The molecule has 6 nitrogen and oxygen atoms in total. The van der Waals surface area contributed by atoms with Crippen LogP contribution in [0, 0.1) is 0 Å². The first-order valence-corrected chi connectivity index (χ1v) is 9.30. The van der Waals surface area contributed by atoms with Gasteiger partial charge in [0, 0.05) is 17.4 Å². The van der Waals surface area contributed by atoms with Gasteiger partial charge in [0.15, 0.2) is 11.5 Å². The number of rotatable bonds is 6.